The van der Waals surface area contributed by atoms with Gasteiger partial charge in [0.2, 0.25) is 12.6 Å². The number of ether oxygens (including phenoxy) is 3. The number of rotatable bonds is 7. The van der Waals surface area contributed by atoms with Gasteiger partial charge in [0.1, 0.15) is 0 Å². The number of Topliss-reactive ketones (excluding diaryl/α,β-unsaturated/α-hetero) is 1. The molecule has 0 N–H and O–H groups in total. The number of fused-ring (bicyclic) bond motifs is 1. The zero-order chi connectivity index (χ0) is 25.2. The highest BCUT2D eigenvalue weighted by Gasteiger charge is 2.23. The predicted octanol–water partition coefficient (Wildman–Crippen LogP) is 3.54. The van der Waals surface area contributed by atoms with Crippen LogP contribution in [0.15, 0.2) is 54.6 Å². The number of tetrazole rings is 1. The molecule has 0 aliphatic carbocycles. The minimum Gasteiger partial charge on any atom is -0.454 e. The molecule has 1 aliphatic rings. The normalized spacial score (nSPS) is 12.6. The molecule has 0 saturated carbocycles. The van der Waals surface area contributed by atoms with E-state index in [4.69, 9.17) is 14.2 Å². The Morgan fingerprint density at radius 2 is 1.81 bits per heavy atom. The fourth-order valence-corrected chi connectivity index (χ4v) is 4.12. The second kappa shape index (κ2) is 9.49. The van der Waals surface area contributed by atoms with E-state index in [9.17, 15) is 9.59 Å². The molecule has 2 aromatic carbocycles. The third kappa shape index (κ3) is 4.36. The minimum absolute atomic E-state index is 0.0994. The number of nitrogens with zero attached hydrogens (tertiary/aromatic N) is 5. The maximum Gasteiger partial charge on any atom is 0.357 e. The zero-order valence-electron chi connectivity index (χ0n) is 20.0. The molecule has 0 atom stereocenters. The molecule has 2 aromatic heterocycles. The number of esters is 1. The van der Waals surface area contributed by atoms with Gasteiger partial charge in [0.05, 0.1) is 0 Å². The molecule has 0 unspecified atom stereocenters. The predicted molar refractivity (Wildman–Crippen MR) is 130 cm³/mol. The van der Waals surface area contributed by atoms with Gasteiger partial charge in [-0.1, -0.05) is 30.3 Å². The molecule has 0 radical (unpaired) electrons. The van der Waals surface area contributed by atoms with E-state index in [-0.39, 0.29) is 18.3 Å². The van der Waals surface area contributed by atoms with E-state index in [1.807, 2.05) is 66.9 Å². The molecule has 0 spiro atoms. The van der Waals surface area contributed by atoms with Crippen molar-refractivity contribution in [2.24, 2.45) is 0 Å². The smallest absolute Gasteiger partial charge is 0.357 e. The molecule has 182 valence electrons. The van der Waals surface area contributed by atoms with Crippen LogP contribution in [0.25, 0.3) is 17.5 Å². The van der Waals surface area contributed by atoms with Crippen molar-refractivity contribution < 1.29 is 23.8 Å². The zero-order valence-corrected chi connectivity index (χ0v) is 20.0. The highest BCUT2D eigenvalue weighted by molar-refractivity contribution is 6.16. The number of carbonyl (C=O) groups excluding carboxylic acids is 2. The molecule has 5 rings (SSSR count). The van der Waals surface area contributed by atoms with E-state index in [1.165, 1.54) is 4.68 Å². The van der Waals surface area contributed by atoms with Gasteiger partial charge in [-0.2, -0.15) is 4.68 Å². The van der Waals surface area contributed by atoms with E-state index in [1.54, 1.807) is 19.1 Å². The summed E-state index contributed by atoms with van der Waals surface area (Å²) in [7, 11) is 0. The van der Waals surface area contributed by atoms with Crippen molar-refractivity contribution in [1.82, 2.24) is 24.8 Å². The van der Waals surface area contributed by atoms with Crippen LogP contribution < -0.4 is 9.47 Å². The van der Waals surface area contributed by atoms with Crippen LogP contribution in [0, 0.1) is 20.8 Å². The van der Waals surface area contributed by atoms with Gasteiger partial charge in [-0.3, -0.25) is 4.79 Å². The van der Waals surface area contributed by atoms with Gasteiger partial charge < -0.3 is 18.8 Å². The number of benzene rings is 2. The van der Waals surface area contributed by atoms with Crippen LogP contribution in [-0.4, -0.2) is 49.9 Å². The Morgan fingerprint density at radius 3 is 2.56 bits per heavy atom. The Labute approximate surface area is 206 Å². The molecule has 10 nitrogen and oxygen atoms in total. The van der Waals surface area contributed by atoms with E-state index >= 15 is 0 Å². The van der Waals surface area contributed by atoms with Gasteiger partial charge in [0.25, 0.3) is 0 Å². The fraction of sp³-hybridized carbons (Fsp3) is 0.192. The van der Waals surface area contributed by atoms with Crippen molar-refractivity contribution in [3.05, 3.63) is 82.9 Å². The van der Waals surface area contributed by atoms with Gasteiger partial charge >= 0.3 is 5.97 Å². The van der Waals surface area contributed by atoms with Crippen LogP contribution in [-0.2, 0) is 9.53 Å². The second-order valence-corrected chi connectivity index (χ2v) is 8.24. The SMILES string of the molecule is Cc1nnnn1C(=Cc1ccccc1)C(=O)OCC(=O)c1cc(C)n(-c2ccc3c(c2)OCO3)c1C. The first-order valence-corrected chi connectivity index (χ1v) is 11.2. The summed E-state index contributed by atoms with van der Waals surface area (Å²) in [5, 5.41) is 11.3. The largest absolute Gasteiger partial charge is 0.454 e. The first-order chi connectivity index (χ1) is 17.4. The lowest BCUT2D eigenvalue weighted by Crippen LogP contribution is -2.19. The standard InChI is InChI=1S/C26H23N5O5/c1-16-11-21(17(2)30(16)20-9-10-24-25(13-20)36-15-35-24)23(32)14-34-26(33)22(31-18(3)27-28-29-31)12-19-7-5-4-6-8-19/h4-13H,14-15H2,1-3H3. The Hall–Kier alpha value is -4.73. The molecule has 0 bridgehead atoms. The molecule has 0 fully saturated rings. The summed E-state index contributed by atoms with van der Waals surface area (Å²) in [6, 6.07) is 16.6. The molecule has 3 heterocycles. The maximum atomic E-state index is 13.1. The second-order valence-electron chi connectivity index (χ2n) is 8.24. The third-order valence-electron chi connectivity index (χ3n) is 5.85. The van der Waals surface area contributed by atoms with Crippen molar-refractivity contribution in [2.45, 2.75) is 20.8 Å². The summed E-state index contributed by atoms with van der Waals surface area (Å²) >= 11 is 0. The summed E-state index contributed by atoms with van der Waals surface area (Å²) in [5.41, 5.74) is 3.75. The van der Waals surface area contributed by atoms with Crippen molar-refractivity contribution in [1.29, 1.82) is 0 Å². The van der Waals surface area contributed by atoms with Crippen LogP contribution in [0.3, 0.4) is 0 Å². The van der Waals surface area contributed by atoms with Crippen LogP contribution >= 0.6 is 0 Å². The summed E-state index contributed by atoms with van der Waals surface area (Å²) in [4.78, 5) is 26.1. The van der Waals surface area contributed by atoms with Gasteiger partial charge in [-0.15, -0.1) is 5.10 Å². The highest BCUT2D eigenvalue weighted by Crippen LogP contribution is 2.35. The van der Waals surface area contributed by atoms with Crippen LogP contribution in [0.5, 0.6) is 11.5 Å². The molecular formula is C26H23N5O5. The topological polar surface area (TPSA) is 110 Å². The average molecular weight is 486 g/mol. The van der Waals surface area contributed by atoms with E-state index < -0.39 is 12.6 Å². The van der Waals surface area contributed by atoms with Crippen molar-refractivity contribution in [2.75, 3.05) is 13.4 Å². The molecule has 0 saturated heterocycles. The number of hydrogen-bond acceptors (Lipinski definition) is 8. The van der Waals surface area contributed by atoms with E-state index in [0.717, 1.165) is 22.6 Å². The van der Waals surface area contributed by atoms with Crippen molar-refractivity contribution in [3.8, 4) is 17.2 Å². The number of aromatic nitrogens is 5. The lowest BCUT2D eigenvalue weighted by Gasteiger charge is -2.11. The van der Waals surface area contributed by atoms with Gasteiger partial charge in [0.15, 0.2) is 29.6 Å². The van der Waals surface area contributed by atoms with Gasteiger partial charge in [-0.25, -0.2) is 4.79 Å². The molecule has 0 amide bonds. The number of ketones is 1. The Morgan fingerprint density at radius 1 is 1.03 bits per heavy atom. The number of hydrogen-bond donors (Lipinski definition) is 0. The number of aryl methyl sites for hydroxylation is 2. The van der Waals surface area contributed by atoms with E-state index in [0.29, 0.717) is 22.9 Å². The summed E-state index contributed by atoms with van der Waals surface area (Å²) in [6.07, 6.45) is 1.61. The lowest BCUT2D eigenvalue weighted by atomic mass is 10.1. The minimum atomic E-state index is -0.716. The third-order valence-corrected chi connectivity index (χ3v) is 5.85. The average Bonchev–Trinajstić information content (AvgIpc) is 3.59. The van der Waals surface area contributed by atoms with Gasteiger partial charge in [-0.05, 0) is 61.0 Å². The van der Waals surface area contributed by atoms with Crippen molar-refractivity contribution >= 4 is 23.5 Å². The molecular weight excluding hydrogens is 462 g/mol. The number of carbonyl (C=O) groups is 2. The molecule has 10 heteroatoms. The molecule has 4 aromatic rings. The van der Waals surface area contributed by atoms with Gasteiger partial charge in [0, 0.05) is 28.7 Å². The summed E-state index contributed by atoms with van der Waals surface area (Å²) < 4.78 is 19.5. The Kier molecular flexibility index (Phi) is 6.07. The Balaban J connectivity index is 1.36. The monoisotopic (exact) mass is 485 g/mol. The maximum absolute atomic E-state index is 13.1. The molecule has 36 heavy (non-hydrogen) atoms. The van der Waals surface area contributed by atoms with Crippen LogP contribution in [0.2, 0.25) is 0 Å². The lowest BCUT2D eigenvalue weighted by molar-refractivity contribution is -0.136. The van der Waals surface area contributed by atoms with Crippen LogP contribution in [0.4, 0.5) is 0 Å². The van der Waals surface area contributed by atoms with E-state index in [2.05, 4.69) is 15.5 Å². The Bertz CT molecular complexity index is 1490. The molecule has 1 aliphatic heterocycles. The van der Waals surface area contributed by atoms with Crippen LogP contribution in [0.1, 0.15) is 33.1 Å². The fourth-order valence-electron chi connectivity index (χ4n) is 4.12. The summed E-state index contributed by atoms with van der Waals surface area (Å²) in [6.45, 7) is 5.17. The quantitative estimate of drug-likeness (QED) is 0.222. The first kappa shape index (κ1) is 23.0. The first-order valence-electron chi connectivity index (χ1n) is 11.2. The highest BCUT2D eigenvalue weighted by atomic mass is 16.7. The summed E-state index contributed by atoms with van der Waals surface area (Å²) in [5.74, 6) is 0.704. The van der Waals surface area contributed by atoms with Crippen molar-refractivity contribution in [3.63, 3.8) is 0 Å².